The monoisotopic (exact) mass is 237 g/mol. The predicted octanol–water partition coefficient (Wildman–Crippen LogP) is 2.28. The summed E-state index contributed by atoms with van der Waals surface area (Å²) in [5.41, 5.74) is 0. The number of nitrogens with zero attached hydrogens (tertiary/aromatic N) is 1. The van der Waals surface area contributed by atoms with Gasteiger partial charge in [0.15, 0.2) is 11.6 Å². The molecular formula is C13H23N3O. The molecule has 0 radical (unpaired) electrons. The van der Waals surface area contributed by atoms with E-state index in [0.717, 1.165) is 37.6 Å². The summed E-state index contributed by atoms with van der Waals surface area (Å²) in [6.07, 6.45) is 3.10. The Morgan fingerprint density at radius 3 is 2.82 bits per heavy atom. The Labute approximate surface area is 104 Å². The maximum absolute atomic E-state index is 5.68. The van der Waals surface area contributed by atoms with Crippen LogP contribution in [0.1, 0.15) is 27.2 Å². The fourth-order valence-corrected chi connectivity index (χ4v) is 1.44. The van der Waals surface area contributed by atoms with Crippen molar-refractivity contribution in [3.05, 3.63) is 18.3 Å². The zero-order valence-corrected chi connectivity index (χ0v) is 11.0. The molecule has 0 aliphatic heterocycles. The number of rotatable bonds is 8. The van der Waals surface area contributed by atoms with Crippen molar-refractivity contribution in [2.24, 2.45) is 0 Å². The first-order valence-electron chi connectivity index (χ1n) is 6.30. The lowest BCUT2D eigenvalue weighted by molar-refractivity contribution is 0.243. The second kappa shape index (κ2) is 7.90. The molecule has 1 aromatic rings. The highest BCUT2D eigenvalue weighted by Gasteiger charge is 2.05. The quantitative estimate of drug-likeness (QED) is 0.681. The van der Waals surface area contributed by atoms with E-state index in [1.54, 1.807) is 6.20 Å². The van der Waals surface area contributed by atoms with Crippen molar-refractivity contribution in [2.75, 3.05) is 25.0 Å². The molecule has 0 bridgehead atoms. The molecule has 0 aliphatic rings. The largest absolute Gasteiger partial charge is 0.487 e. The summed E-state index contributed by atoms with van der Waals surface area (Å²) >= 11 is 0. The number of anilines is 1. The van der Waals surface area contributed by atoms with E-state index >= 15 is 0 Å². The second-order valence-corrected chi connectivity index (χ2v) is 4.19. The van der Waals surface area contributed by atoms with Crippen LogP contribution in [0.5, 0.6) is 5.75 Å². The molecule has 2 N–H and O–H groups in total. The SMILES string of the molecule is CCCNCCNc1ncccc1OC(C)C. The van der Waals surface area contributed by atoms with Crippen molar-refractivity contribution in [3.8, 4) is 5.75 Å². The van der Waals surface area contributed by atoms with E-state index in [1.807, 2.05) is 26.0 Å². The van der Waals surface area contributed by atoms with Crippen molar-refractivity contribution in [1.29, 1.82) is 0 Å². The molecule has 1 heterocycles. The lowest BCUT2D eigenvalue weighted by Gasteiger charge is -2.14. The normalized spacial score (nSPS) is 10.6. The number of ether oxygens (including phenoxy) is 1. The summed E-state index contributed by atoms with van der Waals surface area (Å²) in [4.78, 5) is 4.29. The Morgan fingerprint density at radius 2 is 2.12 bits per heavy atom. The second-order valence-electron chi connectivity index (χ2n) is 4.19. The van der Waals surface area contributed by atoms with Crippen LogP contribution in [-0.2, 0) is 0 Å². The molecule has 0 unspecified atom stereocenters. The zero-order valence-electron chi connectivity index (χ0n) is 11.0. The van der Waals surface area contributed by atoms with Crippen LogP contribution in [0.25, 0.3) is 0 Å². The van der Waals surface area contributed by atoms with Crippen LogP contribution >= 0.6 is 0 Å². The Kier molecular flexibility index (Phi) is 6.40. The molecule has 0 aromatic carbocycles. The lowest BCUT2D eigenvalue weighted by Crippen LogP contribution is -2.23. The van der Waals surface area contributed by atoms with Crippen molar-refractivity contribution in [3.63, 3.8) is 0 Å². The third-order valence-corrected chi connectivity index (χ3v) is 2.15. The minimum Gasteiger partial charge on any atom is -0.487 e. The van der Waals surface area contributed by atoms with Crippen molar-refractivity contribution in [2.45, 2.75) is 33.3 Å². The molecule has 0 spiro atoms. The molecule has 1 aromatic heterocycles. The molecule has 4 heteroatoms. The van der Waals surface area contributed by atoms with Gasteiger partial charge in [0.2, 0.25) is 0 Å². The molecule has 4 nitrogen and oxygen atoms in total. The third-order valence-electron chi connectivity index (χ3n) is 2.15. The molecule has 0 fully saturated rings. The van der Waals surface area contributed by atoms with Crippen molar-refractivity contribution >= 4 is 5.82 Å². The fourth-order valence-electron chi connectivity index (χ4n) is 1.44. The van der Waals surface area contributed by atoms with Gasteiger partial charge in [-0.1, -0.05) is 6.92 Å². The van der Waals surface area contributed by atoms with Gasteiger partial charge in [0.05, 0.1) is 6.10 Å². The fraction of sp³-hybridized carbons (Fsp3) is 0.615. The maximum atomic E-state index is 5.68. The first-order valence-corrected chi connectivity index (χ1v) is 6.30. The molecule has 96 valence electrons. The highest BCUT2D eigenvalue weighted by Crippen LogP contribution is 2.21. The molecule has 0 saturated carbocycles. The van der Waals surface area contributed by atoms with Crippen LogP contribution in [0, 0.1) is 0 Å². The standard InChI is InChI=1S/C13H23N3O/c1-4-7-14-9-10-16-13-12(17-11(2)3)6-5-8-15-13/h5-6,8,11,14H,4,7,9-10H2,1-3H3,(H,15,16). The Morgan fingerprint density at radius 1 is 1.29 bits per heavy atom. The summed E-state index contributed by atoms with van der Waals surface area (Å²) in [6, 6.07) is 3.83. The van der Waals surface area contributed by atoms with Gasteiger partial charge in [-0.15, -0.1) is 0 Å². The van der Waals surface area contributed by atoms with Gasteiger partial charge in [0.1, 0.15) is 0 Å². The molecule has 0 saturated heterocycles. The number of hydrogen-bond donors (Lipinski definition) is 2. The number of aromatic nitrogens is 1. The average Bonchev–Trinajstić information content (AvgIpc) is 2.30. The summed E-state index contributed by atoms with van der Waals surface area (Å²) in [5.74, 6) is 1.64. The minimum atomic E-state index is 0.165. The smallest absolute Gasteiger partial charge is 0.168 e. The van der Waals surface area contributed by atoms with Crippen LogP contribution in [0.2, 0.25) is 0 Å². The summed E-state index contributed by atoms with van der Waals surface area (Å²) < 4.78 is 5.68. The van der Waals surface area contributed by atoms with Gasteiger partial charge >= 0.3 is 0 Å². The van der Waals surface area contributed by atoms with E-state index in [1.165, 1.54) is 0 Å². The maximum Gasteiger partial charge on any atom is 0.168 e. The first kappa shape index (κ1) is 13.8. The molecule has 0 aliphatic carbocycles. The van der Waals surface area contributed by atoms with E-state index in [-0.39, 0.29) is 6.10 Å². The third kappa shape index (κ3) is 5.54. The minimum absolute atomic E-state index is 0.165. The molecule has 17 heavy (non-hydrogen) atoms. The highest BCUT2D eigenvalue weighted by atomic mass is 16.5. The van der Waals surface area contributed by atoms with E-state index in [9.17, 15) is 0 Å². The van der Waals surface area contributed by atoms with Gasteiger partial charge in [-0.3, -0.25) is 0 Å². The zero-order chi connectivity index (χ0) is 12.5. The van der Waals surface area contributed by atoms with E-state index in [0.29, 0.717) is 0 Å². The van der Waals surface area contributed by atoms with Crippen LogP contribution in [0.3, 0.4) is 0 Å². The van der Waals surface area contributed by atoms with Crippen LogP contribution < -0.4 is 15.4 Å². The van der Waals surface area contributed by atoms with Crippen molar-refractivity contribution < 1.29 is 4.74 Å². The van der Waals surface area contributed by atoms with E-state index in [2.05, 4.69) is 22.5 Å². The van der Waals surface area contributed by atoms with Crippen LogP contribution in [0.4, 0.5) is 5.82 Å². The van der Waals surface area contributed by atoms with Gasteiger partial charge in [-0.25, -0.2) is 4.98 Å². The van der Waals surface area contributed by atoms with Gasteiger partial charge < -0.3 is 15.4 Å². The Hall–Kier alpha value is -1.29. The summed E-state index contributed by atoms with van der Waals surface area (Å²) in [5, 5.41) is 6.61. The topological polar surface area (TPSA) is 46.2 Å². The predicted molar refractivity (Wildman–Crippen MR) is 71.7 cm³/mol. The number of pyridine rings is 1. The summed E-state index contributed by atoms with van der Waals surface area (Å²) in [6.45, 7) is 9.03. The van der Waals surface area contributed by atoms with E-state index < -0.39 is 0 Å². The van der Waals surface area contributed by atoms with Crippen LogP contribution in [-0.4, -0.2) is 30.7 Å². The van der Waals surface area contributed by atoms with Gasteiger partial charge in [-0.2, -0.15) is 0 Å². The first-order chi connectivity index (χ1) is 8.24. The average molecular weight is 237 g/mol. The molecule has 1 rings (SSSR count). The lowest BCUT2D eigenvalue weighted by atomic mass is 10.4. The molecular weight excluding hydrogens is 214 g/mol. The number of hydrogen-bond acceptors (Lipinski definition) is 4. The van der Waals surface area contributed by atoms with Gasteiger partial charge in [0.25, 0.3) is 0 Å². The van der Waals surface area contributed by atoms with Crippen molar-refractivity contribution in [1.82, 2.24) is 10.3 Å². The summed E-state index contributed by atoms with van der Waals surface area (Å²) in [7, 11) is 0. The van der Waals surface area contributed by atoms with Gasteiger partial charge in [0, 0.05) is 19.3 Å². The van der Waals surface area contributed by atoms with E-state index in [4.69, 9.17) is 4.74 Å². The number of nitrogens with one attached hydrogen (secondary N) is 2. The van der Waals surface area contributed by atoms with Crippen LogP contribution in [0.15, 0.2) is 18.3 Å². The van der Waals surface area contributed by atoms with Gasteiger partial charge in [-0.05, 0) is 38.9 Å². The Balaban J connectivity index is 2.40. The Bertz CT molecular complexity index is 315. The molecule has 0 atom stereocenters. The highest BCUT2D eigenvalue weighted by molar-refractivity contribution is 5.49. The molecule has 0 amide bonds.